The van der Waals surface area contributed by atoms with E-state index in [1.54, 1.807) is 0 Å². The molecule has 1 aromatic carbocycles. The lowest BCUT2D eigenvalue weighted by Gasteiger charge is -2.30. The zero-order valence-electron chi connectivity index (χ0n) is 16.4. The third kappa shape index (κ3) is 5.53. The number of rotatable bonds is 7. The fraction of sp³-hybridized carbons (Fsp3) is 0.667. The molecule has 2 aliphatic rings. The first-order valence-electron chi connectivity index (χ1n) is 10.0. The number of likely N-dealkylation sites (tertiary alicyclic amines) is 1. The number of likely N-dealkylation sites (N-methyl/N-ethyl adjacent to an activating group) is 1. The molecule has 0 N–H and O–H groups in total. The van der Waals surface area contributed by atoms with E-state index < -0.39 is 0 Å². The quantitative estimate of drug-likeness (QED) is 0.743. The molecule has 1 amide bonds. The molecule has 0 aromatic heterocycles. The first-order chi connectivity index (χ1) is 12.6. The van der Waals surface area contributed by atoms with Crippen LogP contribution in [0.4, 0.5) is 0 Å². The first kappa shape index (κ1) is 19.3. The largest absolute Gasteiger partial charge is 0.340 e. The minimum absolute atomic E-state index is 0.321. The summed E-state index contributed by atoms with van der Waals surface area (Å²) in [4.78, 5) is 21.7. The van der Waals surface area contributed by atoms with E-state index in [-0.39, 0.29) is 0 Å². The molecular weight excluding hydrogens is 324 g/mol. The van der Waals surface area contributed by atoms with Crippen LogP contribution in [0.5, 0.6) is 0 Å². The van der Waals surface area contributed by atoms with Crippen LogP contribution in [0, 0.1) is 0 Å². The van der Waals surface area contributed by atoms with Gasteiger partial charge in [0.15, 0.2) is 0 Å². The van der Waals surface area contributed by atoms with Gasteiger partial charge in [-0.05, 0) is 39.0 Å². The standard InChI is InChI=1S/C21H34N4O/c1-22(2)13-15-24-16-14-23(12-10-21(24)26)18-20-9-6-11-25(20)17-19-7-4-3-5-8-19/h3-5,7-8,20H,6,9-18H2,1-2H3/t20-/m1/s1. The molecule has 2 fully saturated rings. The van der Waals surface area contributed by atoms with E-state index in [1.807, 2.05) is 0 Å². The number of carbonyl (C=O) groups is 1. The number of hydrogen-bond donors (Lipinski definition) is 0. The Balaban J connectivity index is 1.50. The minimum Gasteiger partial charge on any atom is -0.340 e. The summed E-state index contributed by atoms with van der Waals surface area (Å²) in [7, 11) is 4.13. The van der Waals surface area contributed by atoms with E-state index in [1.165, 1.54) is 24.9 Å². The molecule has 1 aromatic rings. The van der Waals surface area contributed by atoms with Crippen molar-refractivity contribution in [3.05, 3.63) is 35.9 Å². The van der Waals surface area contributed by atoms with Crippen molar-refractivity contribution < 1.29 is 4.79 Å². The lowest BCUT2D eigenvalue weighted by Crippen LogP contribution is -2.42. The van der Waals surface area contributed by atoms with Gasteiger partial charge in [0.25, 0.3) is 0 Å². The van der Waals surface area contributed by atoms with Crippen LogP contribution >= 0.6 is 0 Å². The van der Waals surface area contributed by atoms with Gasteiger partial charge in [-0.1, -0.05) is 30.3 Å². The number of hydrogen-bond acceptors (Lipinski definition) is 4. The Bertz CT molecular complexity index is 562. The Labute approximate surface area is 158 Å². The highest BCUT2D eigenvalue weighted by molar-refractivity contribution is 5.76. The highest BCUT2D eigenvalue weighted by Crippen LogP contribution is 2.21. The lowest BCUT2D eigenvalue weighted by molar-refractivity contribution is -0.130. The maximum atomic E-state index is 12.4. The Morgan fingerprint density at radius 2 is 1.88 bits per heavy atom. The summed E-state index contributed by atoms with van der Waals surface area (Å²) < 4.78 is 0. The van der Waals surface area contributed by atoms with Gasteiger partial charge in [-0.2, -0.15) is 0 Å². The SMILES string of the molecule is CN(C)CCN1CCN(C[C@H]2CCCN2Cc2ccccc2)CCC1=O. The molecule has 0 spiro atoms. The van der Waals surface area contributed by atoms with Crippen molar-refractivity contribution >= 4 is 5.91 Å². The zero-order chi connectivity index (χ0) is 18.4. The molecule has 3 rings (SSSR count). The molecule has 2 heterocycles. The van der Waals surface area contributed by atoms with Crippen LogP contribution in [-0.4, -0.2) is 91.5 Å². The van der Waals surface area contributed by atoms with Crippen LogP contribution in [0.2, 0.25) is 0 Å². The summed E-state index contributed by atoms with van der Waals surface area (Å²) in [5.74, 6) is 0.321. The molecule has 0 saturated carbocycles. The molecular formula is C21H34N4O. The van der Waals surface area contributed by atoms with Gasteiger partial charge in [-0.25, -0.2) is 0 Å². The Kier molecular flexibility index (Phi) is 7.06. The monoisotopic (exact) mass is 358 g/mol. The summed E-state index contributed by atoms with van der Waals surface area (Å²) in [5, 5.41) is 0. The molecule has 0 radical (unpaired) electrons. The normalized spacial score (nSPS) is 23.0. The highest BCUT2D eigenvalue weighted by atomic mass is 16.2. The smallest absolute Gasteiger partial charge is 0.223 e. The fourth-order valence-corrected chi connectivity index (χ4v) is 4.08. The van der Waals surface area contributed by atoms with Gasteiger partial charge >= 0.3 is 0 Å². The number of nitrogens with zero attached hydrogens (tertiary/aromatic N) is 4. The number of amides is 1. The second kappa shape index (κ2) is 9.49. The number of benzene rings is 1. The van der Waals surface area contributed by atoms with Crippen molar-refractivity contribution in [2.24, 2.45) is 0 Å². The summed E-state index contributed by atoms with van der Waals surface area (Å²) in [6, 6.07) is 11.4. The summed E-state index contributed by atoms with van der Waals surface area (Å²) in [6.07, 6.45) is 3.24. The summed E-state index contributed by atoms with van der Waals surface area (Å²) in [6.45, 7) is 7.93. The van der Waals surface area contributed by atoms with Crippen LogP contribution in [0.25, 0.3) is 0 Å². The maximum Gasteiger partial charge on any atom is 0.223 e. The second-order valence-electron chi connectivity index (χ2n) is 7.99. The Hall–Kier alpha value is -1.43. The molecule has 26 heavy (non-hydrogen) atoms. The van der Waals surface area contributed by atoms with Crippen molar-refractivity contribution in [3.63, 3.8) is 0 Å². The minimum atomic E-state index is 0.321. The molecule has 2 aliphatic heterocycles. The van der Waals surface area contributed by atoms with E-state index in [9.17, 15) is 4.79 Å². The van der Waals surface area contributed by atoms with E-state index in [4.69, 9.17) is 0 Å². The highest BCUT2D eigenvalue weighted by Gasteiger charge is 2.28. The van der Waals surface area contributed by atoms with E-state index in [2.05, 4.69) is 64.0 Å². The van der Waals surface area contributed by atoms with E-state index in [0.717, 1.165) is 45.8 Å². The van der Waals surface area contributed by atoms with Gasteiger partial charge in [0.1, 0.15) is 0 Å². The molecule has 1 atom stereocenters. The molecule has 5 nitrogen and oxygen atoms in total. The van der Waals surface area contributed by atoms with E-state index in [0.29, 0.717) is 18.4 Å². The maximum absolute atomic E-state index is 12.4. The van der Waals surface area contributed by atoms with Crippen LogP contribution in [0.15, 0.2) is 30.3 Å². The van der Waals surface area contributed by atoms with Crippen LogP contribution in [0.1, 0.15) is 24.8 Å². The van der Waals surface area contributed by atoms with Crippen LogP contribution in [0.3, 0.4) is 0 Å². The molecule has 2 saturated heterocycles. The van der Waals surface area contributed by atoms with Crippen molar-refractivity contribution in [2.45, 2.75) is 31.8 Å². The molecule has 0 bridgehead atoms. The van der Waals surface area contributed by atoms with Crippen molar-refractivity contribution in [2.75, 3.05) is 59.9 Å². The van der Waals surface area contributed by atoms with Gasteiger partial charge in [0.2, 0.25) is 5.91 Å². The molecule has 5 heteroatoms. The average Bonchev–Trinajstić information content (AvgIpc) is 2.98. The third-order valence-corrected chi connectivity index (χ3v) is 5.69. The van der Waals surface area contributed by atoms with Crippen LogP contribution in [-0.2, 0) is 11.3 Å². The fourth-order valence-electron chi connectivity index (χ4n) is 4.08. The second-order valence-corrected chi connectivity index (χ2v) is 7.99. The Morgan fingerprint density at radius 1 is 1.08 bits per heavy atom. The van der Waals surface area contributed by atoms with Gasteiger partial charge < -0.3 is 9.80 Å². The Morgan fingerprint density at radius 3 is 2.65 bits per heavy atom. The zero-order valence-corrected chi connectivity index (χ0v) is 16.4. The number of carbonyl (C=O) groups excluding carboxylic acids is 1. The summed E-state index contributed by atoms with van der Waals surface area (Å²) >= 11 is 0. The van der Waals surface area contributed by atoms with Gasteiger partial charge in [-0.3, -0.25) is 14.6 Å². The summed E-state index contributed by atoms with van der Waals surface area (Å²) in [5.41, 5.74) is 1.40. The van der Waals surface area contributed by atoms with Crippen molar-refractivity contribution in [1.29, 1.82) is 0 Å². The van der Waals surface area contributed by atoms with Crippen molar-refractivity contribution in [1.82, 2.24) is 19.6 Å². The lowest BCUT2D eigenvalue weighted by atomic mass is 10.1. The molecule has 144 valence electrons. The molecule has 0 aliphatic carbocycles. The predicted molar refractivity (Wildman–Crippen MR) is 106 cm³/mol. The van der Waals surface area contributed by atoms with Gasteiger partial charge in [0.05, 0.1) is 0 Å². The predicted octanol–water partition coefficient (Wildman–Crippen LogP) is 1.75. The van der Waals surface area contributed by atoms with Gasteiger partial charge in [-0.15, -0.1) is 0 Å². The van der Waals surface area contributed by atoms with E-state index >= 15 is 0 Å². The van der Waals surface area contributed by atoms with Gasteiger partial charge in [0, 0.05) is 58.3 Å². The average molecular weight is 359 g/mol. The first-order valence-corrected chi connectivity index (χ1v) is 10.0. The molecule has 0 unspecified atom stereocenters. The topological polar surface area (TPSA) is 30.0 Å². The van der Waals surface area contributed by atoms with Crippen molar-refractivity contribution in [3.8, 4) is 0 Å². The van der Waals surface area contributed by atoms with Crippen LogP contribution < -0.4 is 0 Å². The third-order valence-electron chi connectivity index (χ3n) is 5.69.